The largest absolute Gasteiger partial charge is 0.396 e. The van der Waals surface area contributed by atoms with E-state index in [1.807, 2.05) is 25.1 Å². The average Bonchev–Trinajstić information content (AvgIpc) is 3.12. The number of hydrogen-bond donors (Lipinski definition) is 1. The predicted molar refractivity (Wildman–Crippen MR) is 112 cm³/mol. The summed E-state index contributed by atoms with van der Waals surface area (Å²) in [5, 5.41) is 9.42. The Bertz CT molecular complexity index is 927. The molecule has 0 bridgehead atoms. The maximum Gasteiger partial charge on any atom is 0.121 e. The molecule has 4 rings (SSSR count). The molecule has 3 aromatic carbocycles. The minimum atomic E-state index is -0.547. The Balaban J connectivity index is 2.11. The van der Waals surface area contributed by atoms with Gasteiger partial charge in [0.2, 0.25) is 0 Å². The molecule has 0 radical (unpaired) electrons. The van der Waals surface area contributed by atoms with E-state index in [2.05, 4.69) is 83.6 Å². The molecule has 0 aliphatic carbocycles. The molecule has 0 saturated heterocycles. The molecule has 1 heterocycles. The first-order chi connectivity index (χ1) is 13.8. The Morgan fingerprint density at radius 2 is 1.18 bits per heavy atom. The number of aryl methyl sites for hydroxylation is 1. The van der Waals surface area contributed by atoms with Crippen molar-refractivity contribution < 1.29 is 5.11 Å². The van der Waals surface area contributed by atoms with Crippen LogP contribution in [0.3, 0.4) is 0 Å². The fraction of sp³-hybridized carbons (Fsp3) is 0.160. The predicted octanol–water partition coefficient (Wildman–Crippen LogP) is 4.57. The molecule has 0 spiro atoms. The second-order valence-corrected chi connectivity index (χ2v) is 6.93. The smallest absolute Gasteiger partial charge is 0.121 e. The van der Waals surface area contributed by atoms with Crippen LogP contribution in [-0.4, -0.2) is 21.3 Å². The van der Waals surface area contributed by atoms with Crippen molar-refractivity contribution in [3.8, 4) is 0 Å². The monoisotopic (exact) mass is 368 g/mol. The zero-order chi connectivity index (χ0) is 19.4. The van der Waals surface area contributed by atoms with Gasteiger partial charge in [-0.2, -0.15) is 0 Å². The summed E-state index contributed by atoms with van der Waals surface area (Å²) in [6.07, 6.45) is 2.63. The van der Waals surface area contributed by atoms with Gasteiger partial charge in [0.1, 0.15) is 11.4 Å². The maximum absolute atomic E-state index is 9.42. The number of aliphatic hydroxyl groups is 1. The summed E-state index contributed by atoms with van der Waals surface area (Å²) in [7, 11) is 0. The first-order valence-electron chi connectivity index (χ1n) is 9.59. The highest BCUT2D eigenvalue weighted by Gasteiger charge is 2.39. The van der Waals surface area contributed by atoms with Gasteiger partial charge in [-0.25, -0.2) is 4.98 Å². The minimum Gasteiger partial charge on any atom is -0.396 e. The molecule has 4 aromatic rings. The van der Waals surface area contributed by atoms with Gasteiger partial charge in [-0.3, -0.25) is 0 Å². The van der Waals surface area contributed by atoms with Crippen molar-refractivity contribution in [1.29, 1.82) is 0 Å². The van der Waals surface area contributed by atoms with E-state index in [1.165, 1.54) is 16.7 Å². The van der Waals surface area contributed by atoms with Crippen LogP contribution in [0.15, 0.2) is 97.2 Å². The quantitative estimate of drug-likeness (QED) is 0.507. The summed E-state index contributed by atoms with van der Waals surface area (Å²) in [4.78, 5) is 4.75. The van der Waals surface area contributed by atoms with Crippen LogP contribution in [0.25, 0.3) is 0 Å². The first-order valence-corrected chi connectivity index (χ1v) is 9.59. The molecular weight excluding hydrogens is 344 g/mol. The van der Waals surface area contributed by atoms with E-state index in [9.17, 15) is 5.11 Å². The molecule has 3 heteroatoms. The van der Waals surface area contributed by atoms with Crippen LogP contribution in [-0.2, 0) is 12.0 Å². The summed E-state index contributed by atoms with van der Waals surface area (Å²) in [5.41, 5.74) is 3.86. The zero-order valence-corrected chi connectivity index (χ0v) is 16.0. The highest BCUT2D eigenvalue weighted by molar-refractivity contribution is 5.51. The Labute approximate surface area is 165 Å². The number of hydrogen-bond acceptors (Lipinski definition) is 2. The minimum absolute atomic E-state index is 0.0888. The van der Waals surface area contributed by atoms with Crippen molar-refractivity contribution in [2.45, 2.75) is 18.9 Å². The second kappa shape index (κ2) is 7.83. The van der Waals surface area contributed by atoms with Crippen LogP contribution in [0.1, 0.15) is 28.2 Å². The molecule has 0 unspecified atom stereocenters. The Kier molecular flexibility index (Phi) is 5.09. The number of imidazole rings is 1. The molecular formula is C25H24N2O. The SMILES string of the molecule is Cc1nc(CCO)cn1C(c1ccccc1)(c1ccccc1)c1ccccc1. The number of aliphatic hydroxyl groups excluding tert-OH is 1. The standard InChI is InChI=1S/C25H24N2O/c1-20-26-24(17-18-28)19-27(20)25(21-11-5-2-6-12-21,22-13-7-3-8-14-22)23-15-9-4-10-16-23/h2-16,19,28H,17-18H2,1H3. The zero-order valence-electron chi connectivity index (χ0n) is 16.0. The van der Waals surface area contributed by atoms with E-state index in [0.717, 1.165) is 11.5 Å². The fourth-order valence-corrected chi connectivity index (χ4v) is 4.06. The topological polar surface area (TPSA) is 38.1 Å². The van der Waals surface area contributed by atoms with Crippen LogP contribution in [0.2, 0.25) is 0 Å². The molecule has 0 aliphatic rings. The third-order valence-electron chi connectivity index (χ3n) is 5.24. The molecule has 0 amide bonds. The Morgan fingerprint density at radius 3 is 1.57 bits per heavy atom. The van der Waals surface area contributed by atoms with Crippen LogP contribution in [0, 0.1) is 6.92 Å². The van der Waals surface area contributed by atoms with Gasteiger partial charge in [-0.1, -0.05) is 91.0 Å². The summed E-state index contributed by atoms with van der Waals surface area (Å²) < 4.78 is 2.25. The second-order valence-electron chi connectivity index (χ2n) is 6.93. The van der Waals surface area contributed by atoms with E-state index in [-0.39, 0.29) is 6.61 Å². The van der Waals surface area contributed by atoms with Gasteiger partial charge in [0.15, 0.2) is 0 Å². The van der Waals surface area contributed by atoms with Gasteiger partial charge in [0, 0.05) is 19.2 Å². The summed E-state index contributed by atoms with van der Waals surface area (Å²) >= 11 is 0. The van der Waals surface area contributed by atoms with E-state index < -0.39 is 5.54 Å². The van der Waals surface area contributed by atoms with Crippen molar-refractivity contribution in [2.75, 3.05) is 6.61 Å². The lowest BCUT2D eigenvalue weighted by Crippen LogP contribution is -2.38. The van der Waals surface area contributed by atoms with Crippen LogP contribution in [0.5, 0.6) is 0 Å². The van der Waals surface area contributed by atoms with Crippen molar-refractivity contribution in [1.82, 2.24) is 9.55 Å². The Hall–Kier alpha value is -3.17. The van der Waals surface area contributed by atoms with Gasteiger partial charge in [0.25, 0.3) is 0 Å². The Morgan fingerprint density at radius 1 is 0.750 bits per heavy atom. The highest BCUT2D eigenvalue weighted by Crippen LogP contribution is 2.41. The van der Waals surface area contributed by atoms with E-state index in [1.54, 1.807) is 0 Å². The molecule has 1 aromatic heterocycles. The normalized spacial score (nSPS) is 11.5. The molecule has 3 nitrogen and oxygen atoms in total. The molecule has 28 heavy (non-hydrogen) atoms. The molecule has 0 saturated carbocycles. The third kappa shape index (κ3) is 3.04. The molecule has 0 aliphatic heterocycles. The number of nitrogens with zero attached hydrogens (tertiary/aromatic N) is 2. The van der Waals surface area contributed by atoms with Crippen LogP contribution in [0.4, 0.5) is 0 Å². The lowest BCUT2D eigenvalue weighted by atomic mass is 9.76. The van der Waals surface area contributed by atoms with E-state index >= 15 is 0 Å². The van der Waals surface area contributed by atoms with Gasteiger partial charge >= 0.3 is 0 Å². The number of rotatable bonds is 6. The van der Waals surface area contributed by atoms with Gasteiger partial charge in [-0.15, -0.1) is 0 Å². The van der Waals surface area contributed by atoms with Gasteiger partial charge in [0.05, 0.1) is 5.69 Å². The molecule has 1 N–H and O–H groups in total. The van der Waals surface area contributed by atoms with Crippen molar-refractivity contribution in [3.63, 3.8) is 0 Å². The van der Waals surface area contributed by atoms with Crippen molar-refractivity contribution >= 4 is 0 Å². The summed E-state index contributed by atoms with van der Waals surface area (Å²) in [6, 6.07) is 31.6. The third-order valence-corrected chi connectivity index (χ3v) is 5.24. The van der Waals surface area contributed by atoms with E-state index in [4.69, 9.17) is 4.98 Å². The molecule has 0 fully saturated rings. The lowest BCUT2D eigenvalue weighted by Gasteiger charge is -2.38. The highest BCUT2D eigenvalue weighted by atomic mass is 16.3. The fourth-order valence-electron chi connectivity index (χ4n) is 4.06. The number of benzene rings is 3. The maximum atomic E-state index is 9.42. The molecule has 0 atom stereocenters. The van der Waals surface area contributed by atoms with Gasteiger partial charge < -0.3 is 9.67 Å². The van der Waals surface area contributed by atoms with Crippen LogP contribution >= 0.6 is 0 Å². The molecule has 140 valence electrons. The van der Waals surface area contributed by atoms with E-state index in [0.29, 0.717) is 6.42 Å². The van der Waals surface area contributed by atoms with Crippen LogP contribution < -0.4 is 0 Å². The lowest BCUT2D eigenvalue weighted by molar-refractivity contribution is 0.298. The van der Waals surface area contributed by atoms with Gasteiger partial charge in [-0.05, 0) is 23.6 Å². The first kappa shape index (κ1) is 18.2. The average molecular weight is 368 g/mol. The number of aromatic nitrogens is 2. The summed E-state index contributed by atoms with van der Waals surface area (Å²) in [6.45, 7) is 2.12. The van der Waals surface area contributed by atoms with Crippen molar-refractivity contribution in [3.05, 3.63) is 125 Å². The summed E-state index contributed by atoms with van der Waals surface area (Å²) in [5.74, 6) is 0.917. The van der Waals surface area contributed by atoms with Crippen molar-refractivity contribution in [2.24, 2.45) is 0 Å².